The summed E-state index contributed by atoms with van der Waals surface area (Å²) < 4.78 is 5.68. The van der Waals surface area contributed by atoms with Crippen LogP contribution in [0.25, 0.3) is 9.67 Å². The van der Waals surface area contributed by atoms with Gasteiger partial charge >= 0.3 is 187 Å². The van der Waals surface area contributed by atoms with E-state index in [1.54, 1.807) is 15.7 Å². The first-order valence-electron chi connectivity index (χ1n) is 11.6. The maximum absolute atomic E-state index is 11.2. The summed E-state index contributed by atoms with van der Waals surface area (Å²) in [7, 11) is 0. The van der Waals surface area contributed by atoms with Gasteiger partial charge in [-0.25, -0.2) is 0 Å². The zero-order chi connectivity index (χ0) is 21.8. The molecule has 0 aliphatic heterocycles. The van der Waals surface area contributed by atoms with Crippen molar-refractivity contribution < 1.29 is 4.92 Å². The van der Waals surface area contributed by atoms with Gasteiger partial charge in [-0.05, 0) is 0 Å². The molecule has 162 valence electrons. The normalized spacial score (nSPS) is 12.2. The Morgan fingerprint density at radius 2 is 1.33 bits per heavy atom. The van der Waals surface area contributed by atoms with Crippen LogP contribution in [0.5, 0.6) is 0 Å². The van der Waals surface area contributed by atoms with Crippen LogP contribution in [0.3, 0.4) is 0 Å². The minimum atomic E-state index is -2.72. The van der Waals surface area contributed by atoms with Crippen molar-refractivity contribution in [1.29, 1.82) is 0 Å². The van der Waals surface area contributed by atoms with Crippen LogP contribution in [-0.4, -0.2) is 23.3 Å². The van der Waals surface area contributed by atoms with Crippen LogP contribution in [0, 0.1) is 10.1 Å². The number of benzene rings is 2. The van der Waals surface area contributed by atoms with Crippen molar-refractivity contribution in [3.8, 4) is 0 Å². The zero-order valence-corrected chi connectivity index (χ0v) is 21.8. The summed E-state index contributed by atoms with van der Waals surface area (Å²) in [6.45, 7) is 6.88. The maximum atomic E-state index is 11.2. The summed E-state index contributed by atoms with van der Waals surface area (Å²) in [6.07, 6.45) is 10.0. The van der Waals surface area contributed by atoms with Gasteiger partial charge in [-0.15, -0.1) is 0 Å². The van der Waals surface area contributed by atoms with Crippen LogP contribution in [0.2, 0.25) is 13.3 Å². The molecule has 0 spiro atoms. The predicted octanol–water partition coefficient (Wildman–Crippen LogP) is 8.52. The standard InChI is InChI=1S/C14H10NO2.3C4H9.Sn/c16-15(17)14-10-8-13(9-11-14)7-6-12-4-2-1-3-5-12;3*1-3-4-2;/h1-6,8-11H;3*1,3-4H2,2H3;. The average Bonchev–Trinajstić information content (AvgIpc) is 2.78. The number of nitro benzene ring substituents is 1. The number of hydrogen-bond acceptors (Lipinski definition) is 2. The number of hydrogen-bond donors (Lipinski definition) is 0. The van der Waals surface area contributed by atoms with Crippen LogP contribution in [-0.2, 0) is 0 Å². The molecule has 0 atom stereocenters. The van der Waals surface area contributed by atoms with Crippen LogP contribution in [0.1, 0.15) is 70.4 Å². The topological polar surface area (TPSA) is 43.1 Å². The van der Waals surface area contributed by atoms with Crippen molar-refractivity contribution in [1.82, 2.24) is 0 Å². The fourth-order valence-corrected chi connectivity index (χ4v) is 21.2. The number of unbranched alkanes of at least 4 members (excludes halogenated alkanes) is 3. The van der Waals surface area contributed by atoms with Gasteiger partial charge in [0.15, 0.2) is 0 Å². The summed E-state index contributed by atoms with van der Waals surface area (Å²) >= 11 is -2.72. The van der Waals surface area contributed by atoms with Gasteiger partial charge in [-0.1, -0.05) is 0 Å². The number of rotatable bonds is 13. The molecule has 2 aromatic carbocycles. The quantitative estimate of drug-likeness (QED) is 0.116. The van der Waals surface area contributed by atoms with Crippen molar-refractivity contribution in [3.05, 3.63) is 75.8 Å². The Kier molecular flexibility index (Phi) is 10.6. The zero-order valence-electron chi connectivity index (χ0n) is 18.9. The van der Waals surface area contributed by atoms with Crippen molar-refractivity contribution in [3.63, 3.8) is 0 Å². The Morgan fingerprint density at radius 1 is 0.833 bits per heavy atom. The second-order valence-corrected chi connectivity index (χ2v) is 21.5. The van der Waals surface area contributed by atoms with E-state index in [4.69, 9.17) is 0 Å². The Bertz CT molecular complexity index is 778. The molecule has 0 bridgehead atoms. The van der Waals surface area contributed by atoms with E-state index in [0.717, 1.165) is 0 Å². The fourth-order valence-electron chi connectivity index (χ4n) is 4.35. The SMILES string of the molecule is CCC[CH2][Sn]([CH2]CCC)([CH2]CCC)/[C](=C/c1ccccc1)c1ccc([N+](=O)[O-])cc1. The van der Waals surface area contributed by atoms with Crippen molar-refractivity contribution >= 4 is 33.7 Å². The van der Waals surface area contributed by atoms with Crippen molar-refractivity contribution in [2.24, 2.45) is 0 Å². The molecule has 0 radical (unpaired) electrons. The van der Waals surface area contributed by atoms with Crippen LogP contribution in [0.15, 0.2) is 54.6 Å². The number of nitrogens with zero attached hydrogens (tertiary/aromatic N) is 1. The third kappa shape index (κ3) is 6.97. The Balaban J connectivity index is 2.63. The molecule has 0 fully saturated rings. The van der Waals surface area contributed by atoms with E-state index in [0.29, 0.717) is 0 Å². The summed E-state index contributed by atoms with van der Waals surface area (Å²) in [4.78, 5) is 10.9. The van der Waals surface area contributed by atoms with Gasteiger partial charge in [0.05, 0.1) is 0 Å². The van der Waals surface area contributed by atoms with E-state index in [9.17, 15) is 10.1 Å². The first kappa shape index (κ1) is 24.6. The van der Waals surface area contributed by atoms with E-state index >= 15 is 0 Å². The summed E-state index contributed by atoms with van der Waals surface area (Å²) in [5.41, 5.74) is 2.63. The minimum absolute atomic E-state index is 0.175. The fraction of sp³-hybridized carbons (Fsp3) is 0.462. The van der Waals surface area contributed by atoms with E-state index in [2.05, 4.69) is 57.2 Å². The predicted molar refractivity (Wildman–Crippen MR) is 132 cm³/mol. The van der Waals surface area contributed by atoms with Crippen molar-refractivity contribution in [2.45, 2.75) is 72.6 Å². The van der Waals surface area contributed by atoms with E-state index in [1.165, 1.54) is 63.0 Å². The molecule has 2 rings (SSSR count). The Hall–Kier alpha value is -1.62. The molecule has 2 aromatic rings. The van der Waals surface area contributed by atoms with E-state index < -0.39 is 18.4 Å². The van der Waals surface area contributed by atoms with Gasteiger partial charge in [0.2, 0.25) is 0 Å². The molecule has 0 aromatic heterocycles. The second-order valence-electron chi connectivity index (χ2n) is 8.36. The third-order valence-electron chi connectivity index (χ3n) is 6.10. The molecule has 0 N–H and O–H groups in total. The molecule has 0 heterocycles. The molecule has 0 aliphatic carbocycles. The third-order valence-corrected chi connectivity index (χ3v) is 21.8. The van der Waals surface area contributed by atoms with E-state index in [-0.39, 0.29) is 10.6 Å². The van der Waals surface area contributed by atoms with Crippen LogP contribution >= 0.6 is 0 Å². The molecule has 0 saturated heterocycles. The molecule has 0 amide bonds. The first-order valence-corrected chi connectivity index (χ1v) is 19.1. The van der Waals surface area contributed by atoms with Gasteiger partial charge in [-0.2, -0.15) is 0 Å². The van der Waals surface area contributed by atoms with Crippen LogP contribution < -0.4 is 0 Å². The summed E-state index contributed by atoms with van der Waals surface area (Å²) in [5, 5.41) is 11.2. The Morgan fingerprint density at radius 3 is 1.77 bits per heavy atom. The molecular weight excluding hydrogens is 477 g/mol. The number of nitro groups is 1. The van der Waals surface area contributed by atoms with Gasteiger partial charge < -0.3 is 0 Å². The molecule has 0 aliphatic rings. The molecule has 3 nitrogen and oxygen atoms in total. The molecule has 4 heteroatoms. The van der Waals surface area contributed by atoms with E-state index in [1.807, 2.05) is 12.1 Å². The summed E-state index contributed by atoms with van der Waals surface area (Å²) in [5.74, 6) is 0. The monoisotopic (exact) mass is 515 g/mol. The van der Waals surface area contributed by atoms with Gasteiger partial charge in [0, 0.05) is 0 Å². The second kappa shape index (κ2) is 12.9. The first-order chi connectivity index (χ1) is 14.6. The summed E-state index contributed by atoms with van der Waals surface area (Å²) in [6, 6.07) is 18.0. The Labute approximate surface area is 186 Å². The van der Waals surface area contributed by atoms with Crippen LogP contribution in [0.4, 0.5) is 5.69 Å². The molecule has 30 heavy (non-hydrogen) atoms. The molecule has 0 unspecified atom stereocenters. The van der Waals surface area contributed by atoms with Gasteiger partial charge in [-0.3, -0.25) is 0 Å². The molecule has 0 saturated carbocycles. The van der Waals surface area contributed by atoms with Gasteiger partial charge in [0.1, 0.15) is 0 Å². The van der Waals surface area contributed by atoms with Gasteiger partial charge in [0.25, 0.3) is 0 Å². The molecular formula is C26H37NO2Sn. The number of non-ortho nitro benzene ring substituents is 1. The average molecular weight is 514 g/mol. The van der Waals surface area contributed by atoms with Crippen molar-refractivity contribution in [2.75, 3.05) is 0 Å².